The number of hydrogen-bond acceptors (Lipinski definition) is 8. The van der Waals surface area contributed by atoms with Crippen molar-refractivity contribution < 1.29 is 13.7 Å². The van der Waals surface area contributed by atoms with Gasteiger partial charge < -0.3 is 19.5 Å². The van der Waals surface area contributed by atoms with E-state index in [1.807, 2.05) is 6.92 Å². The van der Waals surface area contributed by atoms with Gasteiger partial charge in [0.05, 0.1) is 5.02 Å². The quantitative estimate of drug-likeness (QED) is 0.654. The molecule has 2 bridgehead atoms. The highest BCUT2D eigenvalue weighted by atomic mass is 35.5. The number of piperidine rings is 1. The van der Waals surface area contributed by atoms with Gasteiger partial charge in [0.2, 0.25) is 5.95 Å². The number of ether oxygens (including phenoxy) is 1. The third kappa shape index (κ3) is 3.55. The van der Waals surface area contributed by atoms with Crippen LogP contribution in [0.5, 0.6) is 11.8 Å². The number of fused-ring (bicyclic) bond motifs is 2. The van der Waals surface area contributed by atoms with Crippen molar-refractivity contribution in [1.82, 2.24) is 24.9 Å². The number of nitrogens with zero attached hydrogens (tertiary/aromatic N) is 6. The fraction of sp³-hybridized carbons (Fsp3) is 0.474. The monoisotopic (exact) mass is 433 g/mol. The van der Waals surface area contributed by atoms with Gasteiger partial charge in [-0.15, -0.1) is 5.10 Å². The van der Waals surface area contributed by atoms with Gasteiger partial charge in [-0.2, -0.15) is 9.97 Å². The Labute approximate surface area is 177 Å². The third-order valence-electron chi connectivity index (χ3n) is 5.74. The largest absolute Gasteiger partial charge is 0.424 e. The SMILES string of the molecule is Cc1noc(N2CC3CCC(C2)C3Nc2nc(Oc3ccc(F)c(Cl)c3)n(C)n2)n1. The van der Waals surface area contributed by atoms with Crippen LogP contribution in [0.25, 0.3) is 0 Å². The third-order valence-corrected chi connectivity index (χ3v) is 6.03. The summed E-state index contributed by atoms with van der Waals surface area (Å²) in [6.07, 6.45) is 2.24. The number of benzene rings is 1. The second-order valence-corrected chi connectivity index (χ2v) is 8.22. The van der Waals surface area contributed by atoms with Gasteiger partial charge in [0.15, 0.2) is 5.82 Å². The number of aryl methyl sites for hydroxylation is 2. The van der Waals surface area contributed by atoms with Crippen LogP contribution in [0.2, 0.25) is 5.02 Å². The second-order valence-electron chi connectivity index (χ2n) is 7.82. The predicted octanol–water partition coefficient (Wildman–Crippen LogP) is 3.42. The van der Waals surface area contributed by atoms with E-state index in [4.69, 9.17) is 20.9 Å². The predicted molar refractivity (Wildman–Crippen MR) is 107 cm³/mol. The number of nitrogens with one attached hydrogen (secondary N) is 1. The minimum Gasteiger partial charge on any atom is -0.424 e. The molecule has 0 spiro atoms. The molecule has 2 fully saturated rings. The molecule has 2 aromatic heterocycles. The summed E-state index contributed by atoms with van der Waals surface area (Å²) in [6.45, 7) is 3.52. The maximum atomic E-state index is 13.4. The van der Waals surface area contributed by atoms with Gasteiger partial charge in [0, 0.05) is 32.2 Å². The molecular weight excluding hydrogens is 413 g/mol. The van der Waals surface area contributed by atoms with E-state index < -0.39 is 5.82 Å². The van der Waals surface area contributed by atoms with E-state index in [0.29, 0.717) is 41.4 Å². The normalized spacial score (nSPS) is 23.1. The maximum absolute atomic E-state index is 13.4. The first kappa shape index (κ1) is 19.1. The number of anilines is 2. The lowest BCUT2D eigenvalue weighted by atomic mass is 9.92. The maximum Gasteiger partial charge on any atom is 0.324 e. The molecule has 1 saturated carbocycles. The molecule has 1 aliphatic heterocycles. The summed E-state index contributed by atoms with van der Waals surface area (Å²) in [7, 11) is 1.74. The molecule has 3 aromatic rings. The first-order chi connectivity index (χ1) is 14.5. The average molecular weight is 434 g/mol. The Morgan fingerprint density at radius 3 is 2.67 bits per heavy atom. The van der Waals surface area contributed by atoms with E-state index in [1.54, 1.807) is 7.05 Å². The fourth-order valence-corrected chi connectivity index (χ4v) is 4.51. The van der Waals surface area contributed by atoms with Crippen molar-refractivity contribution >= 4 is 23.6 Å². The van der Waals surface area contributed by atoms with Crippen LogP contribution in [0.3, 0.4) is 0 Å². The van der Waals surface area contributed by atoms with Gasteiger partial charge in [-0.3, -0.25) is 0 Å². The molecule has 3 heterocycles. The molecule has 2 unspecified atom stereocenters. The molecule has 158 valence electrons. The Morgan fingerprint density at radius 1 is 1.23 bits per heavy atom. The van der Waals surface area contributed by atoms with Gasteiger partial charge in [-0.25, -0.2) is 9.07 Å². The van der Waals surface area contributed by atoms with E-state index in [0.717, 1.165) is 25.9 Å². The zero-order chi connectivity index (χ0) is 20.8. The molecule has 11 heteroatoms. The van der Waals surface area contributed by atoms with Crippen LogP contribution in [0.4, 0.5) is 16.4 Å². The van der Waals surface area contributed by atoms with E-state index in [2.05, 4.69) is 30.4 Å². The van der Waals surface area contributed by atoms with Crippen LogP contribution in [0, 0.1) is 24.6 Å². The standard InChI is InChI=1S/C19H21ClFN7O2/c1-10-22-19(30-26-10)28-8-11-3-4-12(9-28)16(11)23-17-24-18(27(2)25-17)29-13-5-6-15(21)14(20)7-13/h5-7,11-12,16H,3-4,8-9H2,1-2H3,(H,23,25). The number of halogens is 2. The lowest BCUT2D eigenvalue weighted by Crippen LogP contribution is -2.48. The summed E-state index contributed by atoms with van der Waals surface area (Å²) in [5, 5.41) is 11.8. The van der Waals surface area contributed by atoms with Crippen LogP contribution in [-0.4, -0.2) is 44.0 Å². The molecule has 1 saturated heterocycles. The van der Waals surface area contributed by atoms with Crippen molar-refractivity contribution in [2.24, 2.45) is 18.9 Å². The van der Waals surface area contributed by atoms with Crippen molar-refractivity contribution in [3.8, 4) is 11.8 Å². The second kappa shape index (κ2) is 7.42. The number of hydrogen-bond donors (Lipinski definition) is 1. The van der Waals surface area contributed by atoms with Crippen LogP contribution in [-0.2, 0) is 7.05 Å². The van der Waals surface area contributed by atoms with Crippen molar-refractivity contribution in [3.05, 3.63) is 34.9 Å². The Balaban J connectivity index is 1.27. The van der Waals surface area contributed by atoms with Crippen LogP contribution >= 0.6 is 11.6 Å². The van der Waals surface area contributed by atoms with E-state index in [1.165, 1.54) is 22.9 Å². The summed E-state index contributed by atoms with van der Waals surface area (Å²) in [5.41, 5.74) is 0. The highest BCUT2D eigenvalue weighted by Crippen LogP contribution is 2.39. The fourth-order valence-electron chi connectivity index (χ4n) is 4.34. The van der Waals surface area contributed by atoms with Gasteiger partial charge in [0.25, 0.3) is 0 Å². The molecule has 5 rings (SSSR count). The first-order valence-electron chi connectivity index (χ1n) is 9.82. The van der Waals surface area contributed by atoms with Gasteiger partial charge in [-0.1, -0.05) is 16.8 Å². The molecule has 1 aromatic carbocycles. The molecule has 9 nitrogen and oxygen atoms in total. The van der Waals surface area contributed by atoms with Crippen LogP contribution in [0.15, 0.2) is 22.7 Å². The minimum absolute atomic E-state index is 0.00667. The lowest BCUT2D eigenvalue weighted by molar-refractivity contribution is 0.340. The summed E-state index contributed by atoms with van der Waals surface area (Å²) < 4.78 is 26.0. The zero-order valence-corrected chi connectivity index (χ0v) is 17.3. The number of rotatable bonds is 5. The summed E-state index contributed by atoms with van der Waals surface area (Å²) >= 11 is 5.82. The van der Waals surface area contributed by atoms with Gasteiger partial charge in [0.1, 0.15) is 11.6 Å². The summed E-state index contributed by atoms with van der Waals surface area (Å²) in [5.74, 6) is 1.91. The molecule has 2 atom stereocenters. The Bertz CT molecular complexity index is 1060. The average Bonchev–Trinajstić information content (AvgIpc) is 3.35. The number of aromatic nitrogens is 5. The van der Waals surface area contributed by atoms with Crippen LogP contribution in [0.1, 0.15) is 18.7 Å². The van der Waals surface area contributed by atoms with E-state index >= 15 is 0 Å². The molecule has 30 heavy (non-hydrogen) atoms. The van der Waals surface area contributed by atoms with Crippen LogP contribution < -0.4 is 15.0 Å². The highest BCUT2D eigenvalue weighted by molar-refractivity contribution is 6.30. The Hall–Kier alpha value is -2.88. The van der Waals surface area contributed by atoms with Crippen molar-refractivity contribution in [2.45, 2.75) is 25.8 Å². The smallest absolute Gasteiger partial charge is 0.324 e. The highest BCUT2D eigenvalue weighted by Gasteiger charge is 2.43. The minimum atomic E-state index is -0.498. The molecule has 0 radical (unpaired) electrons. The van der Waals surface area contributed by atoms with Crippen molar-refractivity contribution in [2.75, 3.05) is 23.3 Å². The van der Waals surface area contributed by atoms with Crippen molar-refractivity contribution in [1.29, 1.82) is 0 Å². The Kier molecular flexibility index (Phi) is 4.73. The Morgan fingerprint density at radius 2 is 2.00 bits per heavy atom. The molecule has 0 amide bonds. The molecular formula is C19H21ClFN7O2. The van der Waals surface area contributed by atoms with E-state index in [9.17, 15) is 4.39 Å². The van der Waals surface area contributed by atoms with Gasteiger partial charge >= 0.3 is 12.0 Å². The first-order valence-corrected chi connectivity index (χ1v) is 10.2. The molecule has 1 N–H and O–H groups in total. The zero-order valence-electron chi connectivity index (χ0n) is 16.5. The summed E-state index contributed by atoms with van der Waals surface area (Å²) in [6, 6.07) is 5.31. The van der Waals surface area contributed by atoms with Gasteiger partial charge in [-0.05, 0) is 43.7 Å². The van der Waals surface area contributed by atoms with Crippen molar-refractivity contribution in [3.63, 3.8) is 0 Å². The topological polar surface area (TPSA) is 94.1 Å². The molecule has 1 aliphatic carbocycles. The lowest BCUT2D eigenvalue weighted by Gasteiger charge is -2.37. The van der Waals surface area contributed by atoms with E-state index in [-0.39, 0.29) is 11.1 Å². The summed E-state index contributed by atoms with van der Waals surface area (Å²) in [4.78, 5) is 11.0. The molecule has 2 aliphatic rings.